The van der Waals surface area contributed by atoms with E-state index in [0.29, 0.717) is 0 Å². The van der Waals surface area contributed by atoms with Gasteiger partial charge in [-0.3, -0.25) is 0 Å². The Balaban J connectivity index is 0.000000324. The first kappa shape index (κ1) is 32.4. The van der Waals surface area contributed by atoms with Crippen LogP contribution in [-0.4, -0.2) is 19.0 Å². The third-order valence-corrected chi connectivity index (χ3v) is 5.88. The number of hydrogen-bond donors (Lipinski definition) is 0. The zero-order chi connectivity index (χ0) is 28.3. The van der Waals surface area contributed by atoms with Crippen LogP contribution in [0.5, 0.6) is 0 Å². The molecule has 210 valence electrons. The van der Waals surface area contributed by atoms with E-state index in [0.717, 1.165) is 6.54 Å². The standard InChI is InChI=1S/C23H29N2.C9H12N.2ClH.Pd/c1-22(2,3)18-11-7-9-13-20(18)24-15-16-25(17-24)21-14-10-8-12-19(21)23(4,5)6;1-10(2)8-9-6-4-3-5-7-9;;;/h7-17H,1-6H3;3-6H,8H2,1-2H3;2*1H;/q2*-1;;;+2/p-2. The third kappa shape index (κ3) is 10.1. The molecule has 1 aliphatic heterocycles. The summed E-state index contributed by atoms with van der Waals surface area (Å²) in [5.41, 5.74) is 6.63. The molecule has 1 aliphatic rings. The molecule has 0 N–H and O–H groups in total. The normalized spacial score (nSPS) is 13.2. The van der Waals surface area contributed by atoms with Crippen LogP contribution in [0.1, 0.15) is 58.2 Å². The SMILES string of the molecule is CC(C)(C)c1ccccc1N1C=CN(c2ccccc2C(C)(C)C)[CH-]1.CN(C)Cc1[c-]cccc1.[Cl][Pd][Cl]. The van der Waals surface area contributed by atoms with Gasteiger partial charge in [0.2, 0.25) is 0 Å². The molecule has 0 aliphatic carbocycles. The molecule has 4 rings (SSSR count). The van der Waals surface area contributed by atoms with Gasteiger partial charge in [0.05, 0.1) is 0 Å². The van der Waals surface area contributed by atoms with E-state index >= 15 is 0 Å². The van der Waals surface area contributed by atoms with Crippen molar-refractivity contribution < 1.29 is 15.9 Å². The van der Waals surface area contributed by atoms with E-state index in [4.69, 9.17) is 19.1 Å². The molecule has 3 nitrogen and oxygen atoms in total. The van der Waals surface area contributed by atoms with E-state index in [9.17, 15) is 0 Å². The molecular formula is C32H41Cl2N3Pd-2. The predicted molar refractivity (Wildman–Crippen MR) is 163 cm³/mol. The monoisotopic (exact) mass is 643 g/mol. The van der Waals surface area contributed by atoms with Crippen molar-refractivity contribution in [2.24, 2.45) is 0 Å². The third-order valence-electron chi connectivity index (χ3n) is 5.88. The Kier molecular flexibility index (Phi) is 12.9. The van der Waals surface area contributed by atoms with Crippen molar-refractivity contribution in [2.75, 3.05) is 23.9 Å². The van der Waals surface area contributed by atoms with Gasteiger partial charge in [-0.2, -0.15) is 30.3 Å². The van der Waals surface area contributed by atoms with Gasteiger partial charge in [-0.05, 0) is 60.6 Å². The van der Waals surface area contributed by atoms with Crippen LogP contribution in [0.4, 0.5) is 11.4 Å². The number of nitrogens with zero attached hydrogens (tertiary/aromatic N) is 3. The number of rotatable bonds is 4. The molecule has 38 heavy (non-hydrogen) atoms. The molecule has 0 atom stereocenters. The van der Waals surface area contributed by atoms with Crippen LogP contribution in [0, 0.1) is 12.7 Å². The molecule has 0 radical (unpaired) electrons. The van der Waals surface area contributed by atoms with Crippen LogP contribution in [0.25, 0.3) is 0 Å². The first-order chi connectivity index (χ1) is 17.9. The second-order valence-corrected chi connectivity index (χ2v) is 13.8. The van der Waals surface area contributed by atoms with Crippen molar-refractivity contribution >= 4 is 30.4 Å². The summed E-state index contributed by atoms with van der Waals surface area (Å²) < 4.78 is 0. The minimum absolute atomic E-state index is 0.106. The number of halogens is 2. The molecule has 0 saturated carbocycles. The van der Waals surface area contributed by atoms with Gasteiger partial charge >= 0.3 is 35.0 Å². The van der Waals surface area contributed by atoms with Gasteiger partial charge in [0.15, 0.2) is 0 Å². The summed E-state index contributed by atoms with van der Waals surface area (Å²) >= 11 is -0.106. The summed E-state index contributed by atoms with van der Waals surface area (Å²) in [7, 11) is 13.7. The van der Waals surface area contributed by atoms with E-state index in [-0.39, 0.29) is 26.8 Å². The fraction of sp³-hybridized carbons (Fsp3) is 0.344. The van der Waals surface area contributed by atoms with E-state index < -0.39 is 0 Å². The van der Waals surface area contributed by atoms with Gasteiger partial charge in [0.25, 0.3) is 0 Å². The van der Waals surface area contributed by atoms with Crippen molar-refractivity contribution in [3.05, 3.63) is 115 Å². The Morgan fingerprint density at radius 2 is 1.16 bits per heavy atom. The molecule has 0 amide bonds. The summed E-state index contributed by atoms with van der Waals surface area (Å²) in [4.78, 5) is 6.58. The molecule has 0 unspecified atom stereocenters. The summed E-state index contributed by atoms with van der Waals surface area (Å²) in [6.07, 6.45) is 4.29. The average Bonchev–Trinajstić information content (AvgIpc) is 3.34. The van der Waals surface area contributed by atoms with Crippen LogP contribution in [0.3, 0.4) is 0 Å². The molecule has 0 fully saturated rings. The molecule has 1 heterocycles. The second-order valence-electron chi connectivity index (χ2n) is 11.4. The van der Waals surface area contributed by atoms with E-state index in [1.165, 1.54) is 28.1 Å². The van der Waals surface area contributed by atoms with Crippen LogP contribution >= 0.6 is 19.1 Å². The Labute approximate surface area is 247 Å². The molecule has 3 aromatic carbocycles. The number of anilines is 2. The van der Waals surface area contributed by atoms with Gasteiger partial charge in [-0.25, -0.2) is 0 Å². The summed E-state index contributed by atoms with van der Waals surface area (Å²) in [6, 6.07) is 28.5. The van der Waals surface area contributed by atoms with Gasteiger partial charge in [-0.1, -0.05) is 77.9 Å². The van der Waals surface area contributed by atoms with E-state index in [1.807, 2.05) is 18.2 Å². The van der Waals surface area contributed by atoms with Crippen molar-refractivity contribution in [3.8, 4) is 0 Å². The fourth-order valence-electron chi connectivity index (χ4n) is 4.18. The van der Waals surface area contributed by atoms with Crippen molar-refractivity contribution in [1.29, 1.82) is 0 Å². The second kappa shape index (κ2) is 15.1. The van der Waals surface area contributed by atoms with Crippen LogP contribution in [0.15, 0.2) is 85.2 Å². The van der Waals surface area contributed by atoms with Crippen molar-refractivity contribution in [3.63, 3.8) is 0 Å². The maximum absolute atomic E-state index is 4.81. The quantitative estimate of drug-likeness (QED) is 0.207. The van der Waals surface area contributed by atoms with Crippen LogP contribution < -0.4 is 9.80 Å². The number of benzene rings is 3. The molecule has 0 saturated heterocycles. The molecule has 0 spiro atoms. The summed E-state index contributed by atoms with van der Waals surface area (Å²) in [6.45, 7) is 16.7. The van der Waals surface area contributed by atoms with E-state index in [2.05, 4.69) is 150 Å². The number of hydrogen-bond acceptors (Lipinski definition) is 3. The molecule has 0 aromatic heterocycles. The average molecular weight is 645 g/mol. The topological polar surface area (TPSA) is 9.72 Å². The first-order valence-electron chi connectivity index (χ1n) is 12.6. The maximum atomic E-state index is 4.81. The first-order valence-corrected chi connectivity index (χ1v) is 16.6. The van der Waals surface area contributed by atoms with Crippen LogP contribution in [0.2, 0.25) is 0 Å². The van der Waals surface area contributed by atoms with Crippen molar-refractivity contribution in [2.45, 2.75) is 58.9 Å². The van der Waals surface area contributed by atoms with Gasteiger partial charge in [0, 0.05) is 17.9 Å². The summed E-state index contributed by atoms with van der Waals surface area (Å²) in [5, 5.41) is 0. The fourth-order valence-corrected chi connectivity index (χ4v) is 4.18. The zero-order valence-electron chi connectivity index (χ0n) is 23.8. The summed E-state index contributed by atoms with van der Waals surface area (Å²) in [5.74, 6) is 0. The minimum atomic E-state index is -0.106. The zero-order valence-corrected chi connectivity index (χ0v) is 26.8. The van der Waals surface area contributed by atoms with E-state index in [1.54, 1.807) is 0 Å². The van der Waals surface area contributed by atoms with Gasteiger partial charge in [-0.15, -0.1) is 12.2 Å². The molecule has 0 bridgehead atoms. The van der Waals surface area contributed by atoms with Crippen LogP contribution in [-0.2, 0) is 33.3 Å². The van der Waals surface area contributed by atoms with Gasteiger partial charge in [0.1, 0.15) is 0 Å². The Morgan fingerprint density at radius 1 is 0.737 bits per heavy atom. The number of para-hydroxylation sites is 2. The molecule has 3 aromatic rings. The van der Waals surface area contributed by atoms with Crippen molar-refractivity contribution in [1.82, 2.24) is 4.90 Å². The van der Waals surface area contributed by atoms with Gasteiger partial charge < -0.3 is 14.7 Å². The molecule has 6 heteroatoms. The Hall–Kier alpha value is -1.80. The predicted octanol–water partition coefficient (Wildman–Crippen LogP) is 9.12. The molecular weight excluding hydrogens is 604 g/mol. The Morgan fingerprint density at radius 3 is 1.53 bits per heavy atom. The Bertz CT molecular complexity index is 1070.